The Morgan fingerprint density at radius 2 is 2.12 bits per heavy atom. The molecule has 0 radical (unpaired) electrons. The molecule has 2 aliphatic rings. The van der Waals surface area contributed by atoms with Crippen LogP contribution in [0.1, 0.15) is 37.2 Å². The Morgan fingerprint density at radius 3 is 2.94 bits per heavy atom. The first-order valence-electron chi connectivity index (χ1n) is 5.44. The van der Waals surface area contributed by atoms with Gasteiger partial charge in [-0.3, -0.25) is 14.8 Å². The monoisotopic (exact) mass is 223 g/mol. The molecule has 2 bridgehead atoms. The van der Waals surface area contributed by atoms with Crippen LogP contribution in [-0.4, -0.2) is 20.8 Å². The lowest BCUT2D eigenvalue weighted by Gasteiger charge is -2.42. The van der Waals surface area contributed by atoms with Gasteiger partial charge in [0, 0.05) is 6.42 Å². The van der Waals surface area contributed by atoms with E-state index in [1.807, 2.05) is 0 Å². The van der Waals surface area contributed by atoms with E-state index in [1.165, 1.54) is 0 Å². The van der Waals surface area contributed by atoms with Gasteiger partial charge in [0.2, 0.25) is 0 Å². The predicted molar refractivity (Wildman–Crippen MR) is 57.5 cm³/mol. The van der Waals surface area contributed by atoms with Crippen molar-refractivity contribution in [3.8, 4) is 0 Å². The van der Waals surface area contributed by atoms with Crippen molar-refractivity contribution in [2.75, 3.05) is 5.32 Å². The van der Waals surface area contributed by atoms with Crippen LogP contribution >= 0.6 is 0 Å². The summed E-state index contributed by atoms with van der Waals surface area (Å²) in [7, 11) is 0. The quantitative estimate of drug-likeness (QED) is 0.491. The van der Waals surface area contributed by atoms with Crippen LogP contribution in [0.4, 0.5) is 5.82 Å². The molecule has 2 atom stereocenters. The van der Waals surface area contributed by atoms with Crippen LogP contribution in [0.5, 0.6) is 0 Å². The van der Waals surface area contributed by atoms with Crippen LogP contribution in [0.25, 0.3) is 0 Å². The van der Waals surface area contributed by atoms with Crippen molar-refractivity contribution in [2.45, 2.75) is 37.3 Å². The van der Waals surface area contributed by atoms with Gasteiger partial charge in [0.1, 0.15) is 11.5 Å². The molecule has 0 saturated heterocycles. The fraction of sp³-hybridized carbons (Fsp3) is 0.600. The first-order valence-corrected chi connectivity index (χ1v) is 5.44. The first kappa shape index (κ1) is 9.65. The molecule has 0 aromatic carbocycles. The smallest absolute Gasteiger partial charge is 0.327 e. The van der Waals surface area contributed by atoms with Crippen LogP contribution in [0.2, 0.25) is 0 Å². The van der Waals surface area contributed by atoms with Gasteiger partial charge in [0.25, 0.3) is 5.56 Å². The molecule has 3 rings (SSSR count). The number of anilines is 1. The summed E-state index contributed by atoms with van der Waals surface area (Å²) in [6.45, 7) is 0. The van der Waals surface area contributed by atoms with E-state index in [2.05, 4.69) is 15.3 Å². The SMILES string of the molecule is O=c1[nH]c2c(c(=O)[nH]1)C1CCCC(O)(C1)N2. The lowest BCUT2D eigenvalue weighted by molar-refractivity contribution is 0.0173. The lowest BCUT2D eigenvalue weighted by atomic mass is 9.77. The Balaban J connectivity index is 2.22. The van der Waals surface area contributed by atoms with E-state index in [4.69, 9.17) is 0 Å². The van der Waals surface area contributed by atoms with Crippen LogP contribution in [-0.2, 0) is 0 Å². The van der Waals surface area contributed by atoms with E-state index in [1.54, 1.807) is 0 Å². The predicted octanol–water partition coefficient (Wildman–Crippen LogP) is -0.165. The first-order chi connectivity index (χ1) is 7.57. The number of aromatic amines is 2. The summed E-state index contributed by atoms with van der Waals surface area (Å²) in [6.07, 6.45) is 2.95. The molecule has 6 heteroatoms. The van der Waals surface area contributed by atoms with Crippen molar-refractivity contribution in [1.29, 1.82) is 0 Å². The summed E-state index contributed by atoms with van der Waals surface area (Å²) in [5.74, 6) is 0.419. The number of aromatic nitrogens is 2. The lowest BCUT2D eigenvalue weighted by Crippen LogP contribution is -2.48. The third-order valence-corrected chi connectivity index (χ3v) is 3.47. The second-order valence-corrected chi connectivity index (χ2v) is 4.65. The summed E-state index contributed by atoms with van der Waals surface area (Å²) in [4.78, 5) is 27.6. The molecule has 2 unspecified atom stereocenters. The zero-order valence-electron chi connectivity index (χ0n) is 8.67. The number of aliphatic hydroxyl groups is 1. The normalized spacial score (nSPS) is 31.7. The molecule has 1 aliphatic heterocycles. The van der Waals surface area contributed by atoms with E-state index in [0.29, 0.717) is 24.2 Å². The zero-order valence-corrected chi connectivity index (χ0v) is 8.67. The number of rotatable bonds is 0. The summed E-state index contributed by atoms with van der Waals surface area (Å²) in [5, 5.41) is 13.1. The molecule has 1 aromatic heterocycles. The average Bonchev–Trinajstić information content (AvgIpc) is 2.14. The van der Waals surface area contributed by atoms with Crippen molar-refractivity contribution < 1.29 is 5.11 Å². The number of fused-ring (bicyclic) bond motifs is 4. The molecule has 4 N–H and O–H groups in total. The minimum absolute atomic E-state index is 0.0376. The molecule has 1 fully saturated rings. The molecule has 6 nitrogen and oxygen atoms in total. The van der Waals surface area contributed by atoms with Crippen LogP contribution in [0.15, 0.2) is 9.59 Å². The van der Waals surface area contributed by atoms with Crippen molar-refractivity contribution in [1.82, 2.24) is 9.97 Å². The van der Waals surface area contributed by atoms with Gasteiger partial charge in [0.05, 0.1) is 5.56 Å². The van der Waals surface area contributed by atoms with Crippen LogP contribution < -0.4 is 16.6 Å². The molecule has 86 valence electrons. The molecule has 1 aromatic rings. The summed E-state index contributed by atoms with van der Waals surface area (Å²) in [6, 6.07) is 0. The minimum Gasteiger partial charge on any atom is -0.371 e. The molecule has 0 amide bonds. The van der Waals surface area contributed by atoms with Gasteiger partial charge in [-0.15, -0.1) is 0 Å². The van der Waals surface area contributed by atoms with E-state index >= 15 is 0 Å². The van der Waals surface area contributed by atoms with Crippen molar-refractivity contribution in [3.05, 3.63) is 26.4 Å². The van der Waals surface area contributed by atoms with Crippen molar-refractivity contribution >= 4 is 5.82 Å². The Kier molecular flexibility index (Phi) is 1.79. The van der Waals surface area contributed by atoms with Gasteiger partial charge < -0.3 is 10.4 Å². The van der Waals surface area contributed by atoms with Crippen LogP contribution in [0.3, 0.4) is 0 Å². The maximum atomic E-state index is 11.7. The Hall–Kier alpha value is -1.56. The van der Waals surface area contributed by atoms with Gasteiger partial charge in [-0.2, -0.15) is 0 Å². The summed E-state index contributed by atoms with van der Waals surface area (Å²) >= 11 is 0. The van der Waals surface area contributed by atoms with Crippen molar-refractivity contribution in [3.63, 3.8) is 0 Å². The van der Waals surface area contributed by atoms with E-state index in [0.717, 1.165) is 12.8 Å². The highest BCUT2D eigenvalue weighted by Crippen LogP contribution is 2.43. The van der Waals surface area contributed by atoms with Gasteiger partial charge in [-0.05, 0) is 25.2 Å². The van der Waals surface area contributed by atoms with E-state index in [9.17, 15) is 14.7 Å². The number of hydrogen-bond acceptors (Lipinski definition) is 4. The third-order valence-electron chi connectivity index (χ3n) is 3.47. The van der Waals surface area contributed by atoms with Crippen molar-refractivity contribution in [2.24, 2.45) is 0 Å². The number of nitrogens with one attached hydrogen (secondary N) is 3. The second kappa shape index (κ2) is 2.98. The van der Waals surface area contributed by atoms with E-state index in [-0.39, 0.29) is 11.5 Å². The Bertz CT molecular complexity index is 547. The fourth-order valence-electron chi connectivity index (χ4n) is 2.83. The average molecular weight is 223 g/mol. The topological polar surface area (TPSA) is 98.0 Å². The summed E-state index contributed by atoms with van der Waals surface area (Å²) < 4.78 is 0. The highest BCUT2D eigenvalue weighted by molar-refractivity contribution is 5.49. The minimum atomic E-state index is -0.966. The largest absolute Gasteiger partial charge is 0.371 e. The van der Waals surface area contributed by atoms with Crippen LogP contribution in [0, 0.1) is 0 Å². The Morgan fingerprint density at radius 1 is 1.31 bits per heavy atom. The molecule has 2 heterocycles. The molecule has 0 spiro atoms. The van der Waals surface area contributed by atoms with Gasteiger partial charge in [-0.25, -0.2) is 4.79 Å². The second-order valence-electron chi connectivity index (χ2n) is 4.65. The van der Waals surface area contributed by atoms with E-state index < -0.39 is 11.4 Å². The Labute approximate surface area is 90.7 Å². The molecule has 1 saturated carbocycles. The molecule has 1 aliphatic carbocycles. The zero-order chi connectivity index (χ0) is 11.3. The third kappa shape index (κ3) is 1.30. The van der Waals surface area contributed by atoms with Gasteiger partial charge >= 0.3 is 5.69 Å². The maximum absolute atomic E-state index is 11.7. The molecule has 16 heavy (non-hydrogen) atoms. The fourth-order valence-corrected chi connectivity index (χ4v) is 2.83. The highest BCUT2D eigenvalue weighted by atomic mass is 16.3. The number of hydrogen-bond donors (Lipinski definition) is 4. The standard InChI is InChI=1S/C10H13N3O3/c14-8-6-5-2-1-3-10(16,4-5)13-7(6)11-9(15)12-8/h5,16H,1-4H2,(H3,11,12,13,14,15). The molecular formula is C10H13N3O3. The molecular weight excluding hydrogens is 210 g/mol. The maximum Gasteiger partial charge on any atom is 0.327 e. The summed E-state index contributed by atoms with van der Waals surface area (Å²) in [5.41, 5.74) is -1.28. The van der Waals surface area contributed by atoms with Gasteiger partial charge in [0.15, 0.2) is 0 Å². The van der Waals surface area contributed by atoms with Gasteiger partial charge in [-0.1, -0.05) is 0 Å². The number of H-pyrrole nitrogens is 2. The highest BCUT2D eigenvalue weighted by Gasteiger charge is 2.41.